The Kier molecular flexibility index (Phi) is 5.61. The van der Waals surface area contributed by atoms with Crippen LogP contribution in [0.2, 0.25) is 0 Å². The molecule has 0 aromatic rings. The predicted molar refractivity (Wildman–Crippen MR) is 66.5 cm³/mol. The number of rotatable bonds is 5. The van der Waals surface area contributed by atoms with E-state index in [1.807, 2.05) is 34.6 Å². The lowest BCUT2D eigenvalue weighted by Gasteiger charge is -2.32. The molecule has 0 aromatic carbocycles. The Bertz CT molecular complexity index is 282. The van der Waals surface area contributed by atoms with Gasteiger partial charge in [-0.2, -0.15) is 0 Å². The molecule has 0 aliphatic rings. The molecule has 3 N–H and O–H groups in total. The summed E-state index contributed by atoms with van der Waals surface area (Å²) in [5, 5.41) is 8.80. The average molecular weight is 244 g/mol. The molecule has 100 valence electrons. The molecular formula is C12H24N2O3. The zero-order chi connectivity index (χ0) is 13.8. The Morgan fingerprint density at radius 3 is 2.06 bits per heavy atom. The van der Waals surface area contributed by atoms with Gasteiger partial charge in [-0.1, -0.05) is 34.6 Å². The van der Waals surface area contributed by atoms with Crippen molar-refractivity contribution >= 4 is 11.9 Å². The van der Waals surface area contributed by atoms with E-state index in [2.05, 4.69) is 0 Å². The van der Waals surface area contributed by atoms with Gasteiger partial charge in [-0.05, 0) is 11.3 Å². The third-order valence-corrected chi connectivity index (χ3v) is 2.42. The van der Waals surface area contributed by atoms with Gasteiger partial charge in [-0.3, -0.25) is 9.59 Å². The van der Waals surface area contributed by atoms with Crippen molar-refractivity contribution in [1.82, 2.24) is 4.90 Å². The van der Waals surface area contributed by atoms with Crippen LogP contribution < -0.4 is 5.73 Å². The maximum atomic E-state index is 12.1. The highest BCUT2D eigenvalue weighted by Gasteiger charge is 2.32. The number of nitrogens with zero attached hydrogens (tertiary/aromatic N) is 1. The van der Waals surface area contributed by atoms with Gasteiger partial charge in [0.05, 0.1) is 6.04 Å². The summed E-state index contributed by atoms with van der Waals surface area (Å²) >= 11 is 0. The maximum Gasteiger partial charge on any atom is 0.323 e. The topological polar surface area (TPSA) is 83.6 Å². The molecule has 0 radical (unpaired) electrons. The highest BCUT2D eigenvalue weighted by atomic mass is 16.4. The van der Waals surface area contributed by atoms with Crippen LogP contribution in [0.1, 0.15) is 34.6 Å². The molecule has 5 nitrogen and oxygen atoms in total. The summed E-state index contributed by atoms with van der Waals surface area (Å²) in [5.74, 6) is -1.10. The number of nitrogens with two attached hydrogens (primary N) is 1. The van der Waals surface area contributed by atoms with Crippen molar-refractivity contribution in [2.24, 2.45) is 17.1 Å². The number of hydrogen-bond acceptors (Lipinski definition) is 3. The molecule has 0 aromatic heterocycles. The third kappa shape index (κ3) is 5.68. The van der Waals surface area contributed by atoms with Gasteiger partial charge in [-0.15, -0.1) is 0 Å². The molecule has 0 saturated heterocycles. The molecule has 5 heteroatoms. The van der Waals surface area contributed by atoms with E-state index in [0.29, 0.717) is 6.54 Å². The standard InChI is InChI=1S/C12H24N2O3/c1-8(2)6-14(7-9(15)16)11(17)10(13)12(3,4)5/h8,10H,6-7,13H2,1-5H3,(H,15,16). The van der Waals surface area contributed by atoms with Crippen molar-refractivity contribution in [3.8, 4) is 0 Å². The summed E-state index contributed by atoms with van der Waals surface area (Å²) in [5.41, 5.74) is 5.49. The van der Waals surface area contributed by atoms with Gasteiger partial charge in [-0.25, -0.2) is 0 Å². The Labute approximate surface area is 103 Å². The molecule has 1 atom stereocenters. The van der Waals surface area contributed by atoms with Crippen LogP contribution in [0, 0.1) is 11.3 Å². The minimum absolute atomic E-state index is 0.213. The summed E-state index contributed by atoms with van der Waals surface area (Å²) in [6.45, 7) is 9.59. The fraction of sp³-hybridized carbons (Fsp3) is 0.833. The van der Waals surface area contributed by atoms with Crippen LogP contribution in [-0.2, 0) is 9.59 Å². The largest absolute Gasteiger partial charge is 0.480 e. The lowest BCUT2D eigenvalue weighted by molar-refractivity contribution is -0.146. The van der Waals surface area contributed by atoms with Crippen LogP contribution in [0.25, 0.3) is 0 Å². The van der Waals surface area contributed by atoms with Gasteiger partial charge < -0.3 is 15.7 Å². The van der Waals surface area contributed by atoms with Crippen molar-refractivity contribution in [1.29, 1.82) is 0 Å². The first-order chi connectivity index (χ1) is 7.55. The van der Waals surface area contributed by atoms with Crippen LogP contribution in [0.5, 0.6) is 0 Å². The maximum absolute atomic E-state index is 12.1. The molecule has 0 aliphatic heterocycles. The quantitative estimate of drug-likeness (QED) is 0.753. The highest BCUT2D eigenvalue weighted by molar-refractivity contribution is 5.85. The summed E-state index contributed by atoms with van der Waals surface area (Å²) in [6.07, 6.45) is 0. The van der Waals surface area contributed by atoms with E-state index in [0.717, 1.165) is 0 Å². The van der Waals surface area contributed by atoms with E-state index in [9.17, 15) is 9.59 Å². The van der Waals surface area contributed by atoms with Gasteiger partial charge in [0.2, 0.25) is 5.91 Å². The molecule has 0 heterocycles. The van der Waals surface area contributed by atoms with E-state index < -0.39 is 12.0 Å². The number of carboxylic acids is 1. The minimum atomic E-state index is -1.01. The monoisotopic (exact) mass is 244 g/mol. The highest BCUT2D eigenvalue weighted by Crippen LogP contribution is 2.19. The summed E-state index contributed by atoms with van der Waals surface area (Å²) < 4.78 is 0. The van der Waals surface area contributed by atoms with Gasteiger partial charge in [0.15, 0.2) is 0 Å². The smallest absolute Gasteiger partial charge is 0.323 e. The molecule has 0 saturated carbocycles. The predicted octanol–water partition coefficient (Wildman–Crippen LogP) is 0.929. The Balaban J connectivity index is 4.80. The van der Waals surface area contributed by atoms with Crippen LogP contribution in [-0.4, -0.2) is 41.0 Å². The SMILES string of the molecule is CC(C)CN(CC(=O)O)C(=O)C(N)C(C)(C)C. The van der Waals surface area contributed by atoms with Crippen molar-refractivity contribution < 1.29 is 14.7 Å². The summed E-state index contributed by atoms with van der Waals surface area (Å²) in [7, 11) is 0. The zero-order valence-corrected chi connectivity index (χ0v) is 11.4. The van der Waals surface area contributed by atoms with E-state index in [-0.39, 0.29) is 23.8 Å². The summed E-state index contributed by atoms with van der Waals surface area (Å²) in [4.78, 5) is 24.2. The van der Waals surface area contributed by atoms with Gasteiger partial charge in [0.1, 0.15) is 6.54 Å². The second-order valence-electron chi connectivity index (χ2n) is 5.85. The zero-order valence-electron chi connectivity index (χ0n) is 11.4. The van der Waals surface area contributed by atoms with Crippen LogP contribution >= 0.6 is 0 Å². The fourth-order valence-corrected chi connectivity index (χ4v) is 1.40. The number of hydrogen-bond donors (Lipinski definition) is 2. The van der Waals surface area contributed by atoms with Gasteiger partial charge in [0.25, 0.3) is 0 Å². The lowest BCUT2D eigenvalue weighted by Crippen LogP contribution is -2.52. The van der Waals surface area contributed by atoms with E-state index in [1.54, 1.807) is 0 Å². The Hall–Kier alpha value is -1.10. The van der Waals surface area contributed by atoms with Crippen molar-refractivity contribution in [2.45, 2.75) is 40.7 Å². The Morgan fingerprint density at radius 2 is 1.76 bits per heavy atom. The van der Waals surface area contributed by atoms with Gasteiger partial charge in [0, 0.05) is 6.54 Å². The van der Waals surface area contributed by atoms with Gasteiger partial charge >= 0.3 is 5.97 Å². The number of carbonyl (C=O) groups is 2. The second-order valence-corrected chi connectivity index (χ2v) is 5.85. The minimum Gasteiger partial charge on any atom is -0.480 e. The van der Waals surface area contributed by atoms with E-state index in [4.69, 9.17) is 10.8 Å². The molecule has 17 heavy (non-hydrogen) atoms. The normalized spacial score (nSPS) is 13.6. The van der Waals surface area contributed by atoms with Crippen LogP contribution in [0.3, 0.4) is 0 Å². The third-order valence-electron chi connectivity index (χ3n) is 2.42. The Morgan fingerprint density at radius 1 is 1.29 bits per heavy atom. The fourth-order valence-electron chi connectivity index (χ4n) is 1.40. The van der Waals surface area contributed by atoms with Crippen molar-refractivity contribution in [2.75, 3.05) is 13.1 Å². The molecule has 0 spiro atoms. The lowest BCUT2D eigenvalue weighted by atomic mass is 9.86. The first kappa shape index (κ1) is 15.9. The molecular weight excluding hydrogens is 220 g/mol. The van der Waals surface area contributed by atoms with Crippen LogP contribution in [0.15, 0.2) is 0 Å². The number of amides is 1. The van der Waals surface area contributed by atoms with E-state index in [1.165, 1.54) is 4.90 Å². The second kappa shape index (κ2) is 6.00. The first-order valence-corrected chi connectivity index (χ1v) is 5.82. The molecule has 1 amide bonds. The average Bonchev–Trinajstić information content (AvgIpc) is 2.11. The van der Waals surface area contributed by atoms with Crippen molar-refractivity contribution in [3.05, 3.63) is 0 Å². The first-order valence-electron chi connectivity index (χ1n) is 5.82. The molecule has 0 fully saturated rings. The molecule has 1 unspecified atom stereocenters. The summed E-state index contributed by atoms with van der Waals surface area (Å²) in [6, 6.07) is -0.680. The number of carbonyl (C=O) groups excluding carboxylic acids is 1. The molecule has 0 aliphatic carbocycles. The van der Waals surface area contributed by atoms with E-state index >= 15 is 0 Å². The molecule has 0 bridgehead atoms. The van der Waals surface area contributed by atoms with Crippen LogP contribution in [0.4, 0.5) is 0 Å². The number of aliphatic carboxylic acids is 1. The molecule has 0 rings (SSSR count). The van der Waals surface area contributed by atoms with Crippen molar-refractivity contribution in [3.63, 3.8) is 0 Å². The number of carboxylic acid groups (broad SMARTS) is 1.